The van der Waals surface area contributed by atoms with Gasteiger partial charge < -0.3 is 15.2 Å². The van der Waals surface area contributed by atoms with E-state index >= 15 is 0 Å². The summed E-state index contributed by atoms with van der Waals surface area (Å²) in [6, 6.07) is 14.6. The molecule has 6 heteroatoms. The van der Waals surface area contributed by atoms with E-state index in [1.54, 1.807) is 24.3 Å². The molecule has 24 heavy (non-hydrogen) atoms. The number of amides is 1. The number of hydrogen-bond donors (Lipinski definition) is 1. The molecule has 2 aromatic carbocycles. The Kier molecular flexibility index (Phi) is 5.99. The van der Waals surface area contributed by atoms with Crippen molar-refractivity contribution in [2.45, 2.75) is 6.61 Å². The molecule has 2 N–H and O–H groups in total. The van der Waals surface area contributed by atoms with E-state index in [1.165, 1.54) is 13.2 Å². The molecule has 0 bridgehead atoms. The molecule has 0 aliphatic carbocycles. The molecule has 0 saturated heterocycles. The quantitative estimate of drug-likeness (QED) is 0.608. The summed E-state index contributed by atoms with van der Waals surface area (Å²) < 4.78 is 12.1. The number of ether oxygens (including phenoxy) is 2. The fraction of sp³-hybridized carbons (Fsp3) is 0.111. The zero-order chi connectivity index (χ0) is 17.5. The van der Waals surface area contributed by atoms with Crippen molar-refractivity contribution in [1.82, 2.24) is 0 Å². The third-order valence-electron chi connectivity index (χ3n) is 3.23. The second kappa shape index (κ2) is 8.18. The van der Waals surface area contributed by atoms with Gasteiger partial charge in [-0.1, -0.05) is 40.2 Å². The first-order chi connectivity index (χ1) is 11.5. The number of primary amides is 1. The Morgan fingerprint density at radius 1 is 1.29 bits per heavy atom. The van der Waals surface area contributed by atoms with Crippen LogP contribution in [0.1, 0.15) is 11.1 Å². The summed E-state index contributed by atoms with van der Waals surface area (Å²) in [6.07, 6.45) is 1.41. The Morgan fingerprint density at radius 2 is 2.04 bits per heavy atom. The Labute approximate surface area is 148 Å². The highest BCUT2D eigenvalue weighted by atomic mass is 79.9. The van der Waals surface area contributed by atoms with Crippen molar-refractivity contribution in [3.05, 3.63) is 63.6 Å². The lowest BCUT2D eigenvalue weighted by Gasteiger charge is -2.12. The van der Waals surface area contributed by atoms with Crippen LogP contribution in [0.4, 0.5) is 0 Å². The number of benzene rings is 2. The Morgan fingerprint density at radius 3 is 2.67 bits per heavy atom. The SMILES string of the molecule is COc1cc(/C=C(\C#N)C(N)=O)ccc1OCc1ccccc1Br. The first-order valence-corrected chi connectivity index (χ1v) is 7.80. The molecular formula is C18H15BrN2O3. The van der Waals surface area contributed by atoms with E-state index in [9.17, 15) is 4.79 Å². The van der Waals surface area contributed by atoms with E-state index in [0.29, 0.717) is 23.7 Å². The van der Waals surface area contributed by atoms with Gasteiger partial charge in [0.25, 0.3) is 5.91 Å². The topological polar surface area (TPSA) is 85.3 Å². The van der Waals surface area contributed by atoms with Crippen molar-refractivity contribution >= 4 is 27.9 Å². The maximum Gasteiger partial charge on any atom is 0.259 e. The van der Waals surface area contributed by atoms with Gasteiger partial charge in [-0.25, -0.2) is 0 Å². The van der Waals surface area contributed by atoms with E-state index < -0.39 is 5.91 Å². The third-order valence-corrected chi connectivity index (χ3v) is 4.00. The van der Waals surface area contributed by atoms with E-state index in [0.717, 1.165) is 10.0 Å². The Balaban J connectivity index is 2.22. The van der Waals surface area contributed by atoms with Crippen LogP contribution in [0.15, 0.2) is 52.5 Å². The van der Waals surface area contributed by atoms with Crippen LogP contribution in [0.3, 0.4) is 0 Å². The molecule has 122 valence electrons. The zero-order valence-electron chi connectivity index (χ0n) is 13.0. The van der Waals surface area contributed by atoms with Crippen molar-refractivity contribution in [3.63, 3.8) is 0 Å². The average Bonchev–Trinajstić information content (AvgIpc) is 2.59. The van der Waals surface area contributed by atoms with E-state index in [1.807, 2.05) is 24.3 Å². The smallest absolute Gasteiger partial charge is 0.259 e. The molecule has 0 spiro atoms. The summed E-state index contributed by atoms with van der Waals surface area (Å²) in [6.45, 7) is 0.373. The second-order valence-electron chi connectivity index (χ2n) is 4.82. The molecule has 2 aromatic rings. The third kappa shape index (κ3) is 4.37. The summed E-state index contributed by atoms with van der Waals surface area (Å²) in [5.74, 6) is 0.284. The van der Waals surface area contributed by atoms with Crippen LogP contribution >= 0.6 is 15.9 Å². The number of nitrogens with two attached hydrogens (primary N) is 1. The molecule has 0 heterocycles. The summed E-state index contributed by atoms with van der Waals surface area (Å²) in [5.41, 5.74) is 6.63. The van der Waals surface area contributed by atoms with Gasteiger partial charge in [-0.15, -0.1) is 0 Å². The summed E-state index contributed by atoms with van der Waals surface area (Å²) in [5, 5.41) is 8.90. The van der Waals surface area contributed by atoms with Crippen LogP contribution in [-0.4, -0.2) is 13.0 Å². The molecule has 0 aromatic heterocycles. The van der Waals surface area contributed by atoms with E-state index in [4.69, 9.17) is 20.5 Å². The minimum Gasteiger partial charge on any atom is -0.493 e. The number of hydrogen-bond acceptors (Lipinski definition) is 4. The number of carbonyl (C=O) groups is 1. The predicted octanol–water partition coefficient (Wildman–Crippen LogP) is 3.43. The Bertz CT molecular complexity index is 825. The van der Waals surface area contributed by atoms with E-state index in [-0.39, 0.29) is 5.57 Å². The van der Waals surface area contributed by atoms with Gasteiger partial charge in [0.15, 0.2) is 11.5 Å². The highest BCUT2D eigenvalue weighted by Gasteiger charge is 2.09. The van der Waals surface area contributed by atoms with Crippen LogP contribution in [0.2, 0.25) is 0 Å². The van der Waals surface area contributed by atoms with Gasteiger partial charge in [-0.05, 0) is 29.8 Å². The highest BCUT2D eigenvalue weighted by Crippen LogP contribution is 2.30. The lowest BCUT2D eigenvalue weighted by atomic mass is 10.1. The molecule has 0 aliphatic rings. The second-order valence-corrected chi connectivity index (χ2v) is 5.68. The molecule has 0 radical (unpaired) electrons. The number of rotatable bonds is 6. The molecular weight excluding hydrogens is 372 g/mol. The minimum absolute atomic E-state index is 0.126. The average molecular weight is 387 g/mol. The first-order valence-electron chi connectivity index (χ1n) is 7.01. The lowest BCUT2D eigenvalue weighted by Crippen LogP contribution is -2.12. The highest BCUT2D eigenvalue weighted by molar-refractivity contribution is 9.10. The fourth-order valence-corrected chi connectivity index (χ4v) is 2.39. The number of halogens is 1. The molecule has 2 rings (SSSR count). The maximum atomic E-state index is 11.1. The van der Waals surface area contributed by atoms with Gasteiger partial charge in [-0.2, -0.15) is 5.26 Å². The molecule has 0 atom stereocenters. The molecule has 1 amide bonds. The Hall–Kier alpha value is -2.78. The minimum atomic E-state index is -0.772. The van der Waals surface area contributed by atoms with Gasteiger partial charge in [0.1, 0.15) is 18.2 Å². The van der Waals surface area contributed by atoms with Crippen LogP contribution in [0, 0.1) is 11.3 Å². The van der Waals surface area contributed by atoms with Crippen LogP contribution in [0.5, 0.6) is 11.5 Å². The number of carbonyl (C=O) groups excluding carboxylic acids is 1. The van der Waals surface area contributed by atoms with Crippen molar-refractivity contribution < 1.29 is 14.3 Å². The van der Waals surface area contributed by atoms with Gasteiger partial charge in [0, 0.05) is 10.0 Å². The summed E-state index contributed by atoms with van der Waals surface area (Å²) >= 11 is 3.47. The molecule has 5 nitrogen and oxygen atoms in total. The van der Waals surface area contributed by atoms with Gasteiger partial charge >= 0.3 is 0 Å². The molecule has 0 unspecified atom stereocenters. The predicted molar refractivity (Wildman–Crippen MR) is 94.3 cm³/mol. The van der Waals surface area contributed by atoms with Crippen molar-refractivity contribution in [2.24, 2.45) is 5.73 Å². The first kappa shape index (κ1) is 17.6. The van der Waals surface area contributed by atoms with Crippen molar-refractivity contribution in [3.8, 4) is 17.6 Å². The van der Waals surface area contributed by atoms with Crippen LogP contribution in [-0.2, 0) is 11.4 Å². The summed E-state index contributed by atoms with van der Waals surface area (Å²) in [7, 11) is 1.52. The molecule has 0 fully saturated rings. The van der Waals surface area contributed by atoms with Crippen molar-refractivity contribution in [2.75, 3.05) is 7.11 Å². The van der Waals surface area contributed by atoms with Gasteiger partial charge in [-0.3, -0.25) is 4.79 Å². The number of methoxy groups -OCH3 is 1. The van der Waals surface area contributed by atoms with Crippen LogP contribution in [0.25, 0.3) is 6.08 Å². The van der Waals surface area contributed by atoms with Crippen molar-refractivity contribution in [1.29, 1.82) is 5.26 Å². The molecule has 0 saturated carbocycles. The largest absolute Gasteiger partial charge is 0.493 e. The summed E-state index contributed by atoms with van der Waals surface area (Å²) in [4.78, 5) is 11.1. The zero-order valence-corrected chi connectivity index (χ0v) is 14.5. The van der Waals surface area contributed by atoms with Gasteiger partial charge in [0.2, 0.25) is 0 Å². The monoisotopic (exact) mass is 386 g/mol. The van der Waals surface area contributed by atoms with Gasteiger partial charge in [0.05, 0.1) is 7.11 Å². The lowest BCUT2D eigenvalue weighted by molar-refractivity contribution is -0.114. The molecule has 0 aliphatic heterocycles. The fourth-order valence-electron chi connectivity index (χ4n) is 1.99. The maximum absolute atomic E-state index is 11.1. The normalized spacial score (nSPS) is 10.8. The number of nitrogens with zero attached hydrogens (tertiary/aromatic N) is 1. The van der Waals surface area contributed by atoms with E-state index in [2.05, 4.69) is 15.9 Å². The number of nitriles is 1. The van der Waals surface area contributed by atoms with Crippen LogP contribution < -0.4 is 15.2 Å². The standard InChI is InChI=1S/C18H15BrN2O3/c1-23-17-9-12(8-14(10-20)18(21)22)6-7-16(17)24-11-13-4-2-3-5-15(13)19/h2-9H,11H2,1H3,(H2,21,22)/b14-8+.